The van der Waals surface area contributed by atoms with Crippen LogP contribution in [0.1, 0.15) is 31.4 Å². The van der Waals surface area contributed by atoms with E-state index in [-0.39, 0.29) is 24.4 Å². The molecule has 1 heterocycles. The lowest BCUT2D eigenvalue weighted by molar-refractivity contribution is -0.122. The van der Waals surface area contributed by atoms with Gasteiger partial charge in [-0.05, 0) is 25.3 Å². The Morgan fingerprint density at radius 1 is 1.45 bits per heavy atom. The largest absolute Gasteiger partial charge is 0.373 e. The van der Waals surface area contributed by atoms with Crippen molar-refractivity contribution in [3.05, 3.63) is 35.9 Å². The summed E-state index contributed by atoms with van der Waals surface area (Å²) in [6, 6.07) is 9.74. The summed E-state index contributed by atoms with van der Waals surface area (Å²) in [7, 11) is 0. The molecule has 4 nitrogen and oxygen atoms in total. The fourth-order valence-corrected chi connectivity index (χ4v) is 2.46. The number of carbonyl (C=O) groups excluding carboxylic acids is 1. The molecule has 5 heteroatoms. The van der Waals surface area contributed by atoms with Crippen molar-refractivity contribution in [1.29, 1.82) is 0 Å². The Balaban J connectivity index is 0.00000200. The molecule has 1 amide bonds. The van der Waals surface area contributed by atoms with Crippen LogP contribution >= 0.6 is 12.4 Å². The fourth-order valence-electron chi connectivity index (χ4n) is 2.46. The maximum absolute atomic E-state index is 11.6. The van der Waals surface area contributed by atoms with Gasteiger partial charge in [-0.1, -0.05) is 30.3 Å². The van der Waals surface area contributed by atoms with E-state index < -0.39 is 6.04 Å². The van der Waals surface area contributed by atoms with E-state index in [1.165, 1.54) is 5.56 Å². The number of carbonyl (C=O) groups is 1. The summed E-state index contributed by atoms with van der Waals surface area (Å²) in [4.78, 5) is 11.6. The lowest BCUT2D eigenvalue weighted by Gasteiger charge is -2.32. The minimum Gasteiger partial charge on any atom is -0.373 e. The average Bonchev–Trinajstić information content (AvgIpc) is 2.46. The van der Waals surface area contributed by atoms with Crippen molar-refractivity contribution in [2.24, 2.45) is 11.7 Å². The van der Waals surface area contributed by atoms with Crippen LogP contribution in [0.2, 0.25) is 0 Å². The predicted octanol–water partition coefficient (Wildman–Crippen LogP) is 2.04. The SMILES string of the molecule is C[C@@H](N)C(=O)NCC1CCCOC1c1ccccc1.Cl. The number of ether oxygens (including phenoxy) is 1. The van der Waals surface area contributed by atoms with Crippen LogP contribution in [0.5, 0.6) is 0 Å². The summed E-state index contributed by atoms with van der Waals surface area (Å²) >= 11 is 0. The molecule has 0 bridgehead atoms. The summed E-state index contributed by atoms with van der Waals surface area (Å²) in [5.41, 5.74) is 6.74. The Morgan fingerprint density at radius 3 is 2.80 bits per heavy atom. The predicted molar refractivity (Wildman–Crippen MR) is 81.8 cm³/mol. The second kappa shape index (κ2) is 8.25. The number of nitrogens with two attached hydrogens (primary N) is 1. The van der Waals surface area contributed by atoms with Gasteiger partial charge in [0.2, 0.25) is 5.91 Å². The maximum atomic E-state index is 11.6. The van der Waals surface area contributed by atoms with E-state index in [2.05, 4.69) is 17.4 Å². The maximum Gasteiger partial charge on any atom is 0.236 e. The average molecular weight is 299 g/mol. The molecule has 0 spiro atoms. The topological polar surface area (TPSA) is 64.4 Å². The first kappa shape index (κ1) is 17.0. The first-order valence-corrected chi connectivity index (χ1v) is 6.88. The van der Waals surface area contributed by atoms with Crippen LogP contribution in [0.15, 0.2) is 30.3 Å². The quantitative estimate of drug-likeness (QED) is 0.894. The van der Waals surface area contributed by atoms with E-state index in [0.717, 1.165) is 19.4 Å². The molecule has 0 saturated carbocycles. The number of hydrogen-bond donors (Lipinski definition) is 2. The Morgan fingerprint density at radius 2 is 2.15 bits per heavy atom. The smallest absolute Gasteiger partial charge is 0.236 e. The summed E-state index contributed by atoms with van der Waals surface area (Å²) in [6.45, 7) is 3.11. The summed E-state index contributed by atoms with van der Waals surface area (Å²) in [5, 5.41) is 2.91. The highest BCUT2D eigenvalue weighted by atomic mass is 35.5. The number of amides is 1. The van der Waals surface area contributed by atoms with E-state index >= 15 is 0 Å². The number of nitrogens with one attached hydrogen (secondary N) is 1. The van der Waals surface area contributed by atoms with Crippen molar-refractivity contribution in [2.75, 3.05) is 13.2 Å². The number of benzene rings is 1. The van der Waals surface area contributed by atoms with Gasteiger partial charge in [0.05, 0.1) is 12.1 Å². The lowest BCUT2D eigenvalue weighted by Crippen LogP contribution is -2.42. The molecule has 1 fully saturated rings. The van der Waals surface area contributed by atoms with Gasteiger partial charge in [0.1, 0.15) is 0 Å². The third-order valence-corrected chi connectivity index (χ3v) is 3.52. The number of halogens is 1. The lowest BCUT2D eigenvalue weighted by atomic mass is 9.89. The third-order valence-electron chi connectivity index (χ3n) is 3.52. The number of rotatable bonds is 4. The molecule has 2 unspecified atom stereocenters. The summed E-state index contributed by atoms with van der Waals surface area (Å²) in [5.74, 6) is 0.219. The van der Waals surface area contributed by atoms with Gasteiger partial charge in [-0.25, -0.2) is 0 Å². The standard InChI is InChI=1S/C15H22N2O2.ClH/c1-11(16)15(18)17-10-13-8-5-9-19-14(13)12-6-3-2-4-7-12;/h2-4,6-7,11,13-14H,5,8-10,16H2,1H3,(H,17,18);1H/t11-,13?,14?;/m1./s1. The molecule has 2 rings (SSSR count). The van der Waals surface area contributed by atoms with Crippen LogP contribution in [0.25, 0.3) is 0 Å². The van der Waals surface area contributed by atoms with Crippen LogP contribution in [0, 0.1) is 5.92 Å². The van der Waals surface area contributed by atoms with Crippen LogP contribution < -0.4 is 11.1 Å². The highest BCUT2D eigenvalue weighted by molar-refractivity contribution is 5.85. The van der Waals surface area contributed by atoms with Gasteiger partial charge in [-0.15, -0.1) is 12.4 Å². The second-order valence-electron chi connectivity index (χ2n) is 5.14. The first-order valence-electron chi connectivity index (χ1n) is 6.88. The number of hydrogen-bond acceptors (Lipinski definition) is 3. The zero-order valence-electron chi connectivity index (χ0n) is 11.7. The van der Waals surface area contributed by atoms with Crippen molar-refractivity contribution < 1.29 is 9.53 Å². The van der Waals surface area contributed by atoms with Gasteiger partial charge in [0.25, 0.3) is 0 Å². The minimum absolute atomic E-state index is 0. The van der Waals surface area contributed by atoms with Crippen molar-refractivity contribution in [1.82, 2.24) is 5.32 Å². The van der Waals surface area contributed by atoms with Crippen LogP contribution in [0.4, 0.5) is 0 Å². The molecule has 0 aliphatic carbocycles. The molecule has 1 aromatic rings. The van der Waals surface area contributed by atoms with E-state index in [1.54, 1.807) is 6.92 Å². The molecular formula is C15H23ClN2O2. The Labute approximate surface area is 126 Å². The summed E-state index contributed by atoms with van der Waals surface area (Å²) in [6.07, 6.45) is 2.18. The Hall–Kier alpha value is -1.10. The molecule has 1 aliphatic rings. The molecule has 20 heavy (non-hydrogen) atoms. The molecule has 1 aromatic carbocycles. The van der Waals surface area contributed by atoms with Crippen molar-refractivity contribution >= 4 is 18.3 Å². The van der Waals surface area contributed by atoms with Crippen molar-refractivity contribution in [2.45, 2.75) is 31.9 Å². The molecule has 3 atom stereocenters. The van der Waals surface area contributed by atoms with Crippen LogP contribution in [-0.2, 0) is 9.53 Å². The molecular weight excluding hydrogens is 276 g/mol. The normalized spacial score (nSPS) is 23.5. The zero-order chi connectivity index (χ0) is 13.7. The van der Waals surface area contributed by atoms with E-state index in [4.69, 9.17) is 10.5 Å². The fraction of sp³-hybridized carbons (Fsp3) is 0.533. The first-order chi connectivity index (χ1) is 9.18. The molecule has 112 valence electrons. The van der Waals surface area contributed by atoms with Gasteiger partial charge in [0, 0.05) is 19.1 Å². The van der Waals surface area contributed by atoms with Gasteiger partial charge >= 0.3 is 0 Å². The molecule has 0 radical (unpaired) electrons. The van der Waals surface area contributed by atoms with Gasteiger partial charge in [0.15, 0.2) is 0 Å². The van der Waals surface area contributed by atoms with Gasteiger partial charge in [-0.3, -0.25) is 4.79 Å². The Bertz CT molecular complexity index is 412. The third kappa shape index (κ3) is 4.47. The monoisotopic (exact) mass is 298 g/mol. The molecule has 3 N–H and O–H groups in total. The van der Waals surface area contributed by atoms with Crippen LogP contribution in [0.3, 0.4) is 0 Å². The minimum atomic E-state index is -0.459. The molecule has 1 saturated heterocycles. The molecule has 1 aliphatic heterocycles. The second-order valence-corrected chi connectivity index (χ2v) is 5.14. The van der Waals surface area contributed by atoms with Gasteiger partial charge in [-0.2, -0.15) is 0 Å². The highest BCUT2D eigenvalue weighted by Gasteiger charge is 2.27. The zero-order valence-corrected chi connectivity index (χ0v) is 12.6. The van der Waals surface area contributed by atoms with Crippen molar-refractivity contribution in [3.63, 3.8) is 0 Å². The van der Waals surface area contributed by atoms with E-state index in [9.17, 15) is 4.79 Å². The highest BCUT2D eigenvalue weighted by Crippen LogP contribution is 2.32. The Kier molecular flexibility index (Phi) is 6.99. The molecule has 0 aromatic heterocycles. The van der Waals surface area contributed by atoms with E-state index in [1.807, 2.05) is 18.2 Å². The van der Waals surface area contributed by atoms with Crippen molar-refractivity contribution in [3.8, 4) is 0 Å². The van der Waals surface area contributed by atoms with E-state index in [0.29, 0.717) is 12.5 Å². The van der Waals surface area contributed by atoms with Crippen LogP contribution in [-0.4, -0.2) is 25.1 Å². The summed E-state index contributed by atoms with van der Waals surface area (Å²) < 4.78 is 5.89. The van der Waals surface area contributed by atoms with Gasteiger partial charge < -0.3 is 15.8 Å².